The molecule has 0 heterocycles. The van der Waals surface area contributed by atoms with Crippen LogP contribution < -0.4 is 0 Å². The highest BCUT2D eigenvalue weighted by atomic mass is 16.3. The maximum atomic E-state index is 13.0. The van der Waals surface area contributed by atoms with Crippen LogP contribution in [0.1, 0.15) is 64.9 Å². The van der Waals surface area contributed by atoms with Gasteiger partial charge in [-0.25, -0.2) is 0 Å². The normalized spacial score (nSPS) is 23.4. The van der Waals surface area contributed by atoms with Crippen molar-refractivity contribution in [1.29, 1.82) is 0 Å². The number of hydrogen-bond acceptors (Lipinski definition) is 6. The molecule has 29 heavy (non-hydrogen) atoms. The predicted octanol–water partition coefficient (Wildman–Crippen LogP) is 3.96. The summed E-state index contributed by atoms with van der Waals surface area (Å²) in [4.78, 5) is 39.1. The van der Waals surface area contributed by atoms with Gasteiger partial charge < -0.3 is 15.3 Å². The van der Waals surface area contributed by atoms with Crippen LogP contribution in [-0.4, -0.2) is 32.7 Å². The SMILES string of the molecule is CC1(C)CC(=O)C([C@H](C2=C(O)CC(C)(C)CC2=O)c2ccc(O)cc2O)C(=O)C1. The first-order valence-corrected chi connectivity index (χ1v) is 9.84. The van der Waals surface area contributed by atoms with Crippen LogP contribution >= 0.6 is 0 Å². The minimum Gasteiger partial charge on any atom is -0.512 e. The van der Waals surface area contributed by atoms with Gasteiger partial charge in [0, 0.05) is 48.8 Å². The van der Waals surface area contributed by atoms with Crippen LogP contribution in [0.2, 0.25) is 0 Å². The minimum atomic E-state index is -1.15. The van der Waals surface area contributed by atoms with E-state index in [4.69, 9.17) is 0 Å². The molecule has 3 rings (SSSR count). The zero-order valence-corrected chi connectivity index (χ0v) is 17.3. The molecule has 0 amide bonds. The van der Waals surface area contributed by atoms with E-state index in [1.165, 1.54) is 12.1 Å². The van der Waals surface area contributed by atoms with Crippen molar-refractivity contribution in [3.63, 3.8) is 0 Å². The van der Waals surface area contributed by atoms with Gasteiger partial charge in [-0.1, -0.05) is 33.8 Å². The Bertz CT molecular complexity index is 901. The second-order valence-corrected chi connectivity index (χ2v) is 9.95. The largest absolute Gasteiger partial charge is 0.512 e. The standard InChI is InChI=1S/C23H28O6/c1-22(2)8-15(26)20(16(27)9-22)19(13-6-5-12(24)7-14(13)25)21-17(28)10-23(3,4)11-18(21)29/h5-7,19-20,24-25,28H,8-11H2,1-4H3/t19-/m1/s1. The number of benzene rings is 1. The van der Waals surface area contributed by atoms with E-state index < -0.39 is 22.7 Å². The van der Waals surface area contributed by atoms with E-state index in [0.717, 1.165) is 6.07 Å². The van der Waals surface area contributed by atoms with Crippen molar-refractivity contribution in [2.45, 2.75) is 59.3 Å². The summed E-state index contributed by atoms with van der Waals surface area (Å²) in [5, 5.41) is 30.9. The third kappa shape index (κ3) is 4.07. The Morgan fingerprint density at radius 1 is 0.862 bits per heavy atom. The highest BCUT2D eigenvalue weighted by Gasteiger charge is 2.49. The van der Waals surface area contributed by atoms with E-state index in [0.29, 0.717) is 0 Å². The molecule has 1 saturated carbocycles. The second kappa shape index (κ2) is 7.01. The molecule has 1 aromatic rings. The maximum Gasteiger partial charge on any atom is 0.163 e. The zero-order chi connectivity index (χ0) is 21.7. The smallest absolute Gasteiger partial charge is 0.163 e. The van der Waals surface area contributed by atoms with Gasteiger partial charge in [-0.05, 0) is 16.9 Å². The average Bonchev–Trinajstić information content (AvgIpc) is 2.50. The number of phenolic OH excluding ortho intramolecular Hbond substituents is 2. The van der Waals surface area contributed by atoms with Crippen LogP contribution in [-0.2, 0) is 14.4 Å². The Labute approximate surface area is 170 Å². The van der Waals surface area contributed by atoms with Gasteiger partial charge in [0.25, 0.3) is 0 Å². The number of ketones is 3. The van der Waals surface area contributed by atoms with Gasteiger partial charge in [-0.15, -0.1) is 0 Å². The minimum absolute atomic E-state index is 0.0247. The molecular formula is C23H28O6. The van der Waals surface area contributed by atoms with Crippen molar-refractivity contribution in [1.82, 2.24) is 0 Å². The van der Waals surface area contributed by atoms with Gasteiger partial charge in [0.15, 0.2) is 5.78 Å². The number of rotatable bonds is 3. The number of carbonyl (C=O) groups excluding carboxylic acids is 3. The molecule has 6 heteroatoms. The first kappa shape index (κ1) is 21.1. The van der Waals surface area contributed by atoms with Crippen LogP contribution in [0.3, 0.4) is 0 Å². The molecule has 6 nitrogen and oxygen atoms in total. The van der Waals surface area contributed by atoms with E-state index in [2.05, 4.69) is 0 Å². The van der Waals surface area contributed by atoms with Gasteiger partial charge in [0.2, 0.25) is 0 Å². The molecule has 1 aromatic carbocycles. The molecule has 156 valence electrons. The molecule has 0 aromatic heterocycles. The van der Waals surface area contributed by atoms with Gasteiger partial charge >= 0.3 is 0 Å². The quantitative estimate of drug-likeness (QED) is 0.662. The lowest BCUT2D eigenvalue weighted by atomic mass is 9.62. The summed E-state index contributed by atoms with van der Waals surface area (Å²) in [6.07, 6.45) is 0.755. The van der Waals surface area contributed by atoms with Crippen LogP contribution in [0.15, 0.2) is 29.5 Å². The lowest BCUT2D eigenvalue weighted by molar-refractivity contribution is -0.140. The Kier molecular flexibility index (Phi) is 5.10. The van der Waals surface area contributed by atoms with Gasteiger partial charge in [-0.3, -0.25) is 14.4 Å². The van der Waals surface area contributed by atoms with Gasteiger partial charge in [0.05, 0.1) is 5.92 Å². The number of aliphatic hydroxyl groups is 1. The summed E-state index contributed by atoms with van der Waals surface area (Å²) >= 11 is 0. The molecule has 1 atom stereocenters. The topological polar surface area (TPSA) is 112 Å². The summed E-state index contributed by atoms with van der Waals surface area (Å²) in [7, 11) is 0. The first-order valence-electron chi connectivity index (χ1n) is 9.84. The third-order valence-electron chi connectivity index (χ3n) is 5.89. The molecule has 3 N–H and O–H groups in total. The predicted molar refractivity (Wildman–Crippen MR) is 107 cm³/mol. The monoisotopic (exact) mass is 400 g/mol. The fraction of sp³-hybridized carbons (Fsp3) is 0.522. The van der Waals surface area contributed by atoms with E-state index >= 15 is 0 Å². The van der Waals surface area contributed by atoms with Crippen molar-refractivity contribution in [2.75, 3.05) is 0 Å². The Morgan fingerprint density at radius 2 is 1.41 bits per heavy atom. The number of phenols is 2. The average molecular weight is 400 g/mol. The number of allylic oxidation sites excluding steroid dienone is 2. The fourth-order valence-corrected chi connectivity index (χ4v) is 4.73. The van der Waals surface area contributed by atoms with E-state index in [-0.39, 0.29) is 71.4 Å². The summed E-state index contributed by atoms with van der Waals surface area (Å²) in [5.74, 6) is -3.81. The van der Waals surface area contributed by atoms with Crippen molar-refractivity contribution in [3.05, 3.63) is 35.1 Å². The highest BCUT2D eigenvalue weighted by molar-refractivity contribution is 6.09. The summed E-state index contributed by atoms with van der Waals surface area (Å²) in [5.41, 5.74) is -0.698. The second-order valence-electron chi connectivity index (χ2n) is 9.95. The lowest BCUT2D eigenvalue weighted by Crippen LogP contribution is -2.43. The third-order valence-corrected chi connectivity index (χ3v) is 5.89. The molecule has 0 unspecified atom stereocenters. The molecule has 0 spiro atoms. The molecular weight excluding hydrogens is 372 g/mol. The number of Topliss-reactive ketones (excluding diaryl/α,β-unsaturated/α-hetero) is 3. The lowest BCUT2D eigenvalue weighted by Gasteiger charge is -2.39. The molecule has 0 saturated heterocycles. The summed E-state index contributed by atoms with van der Waals surface area (Å²) in [6.45, 7) is 7.42. The molecule has 0 aliphatic heterocycles. The van der Waals surface area contributed by atoms with E-state index in [1.54, 1.807) is 0 Å². The Hall–Kier alpha value is -2.63. The molecule has 2 aliphatic rings. The van der Waals surface area contributed by atoms with Crippen molar-refractivity contribution < 1.29 is 29.7 Å². The maximum absolute atomic E-state index is 13.0. The fourth-order valence-electron chi connectivity index (χ4n) is 4.73. The molecule has 2 aliphatic carbocycles. The van der Waals surface area contributed by atoms with E-state index in [9.17, 15) is 29.7 Å². The van der Waals surface area contributed by atoms with Crippen molar-refractivity contribution >= 4 is 17.3 Å². The van der Waals surface area contributed by atoms with Gasteiger partial charge in [-0.2, -0.15) is 0 Å². The zero-order valence-electron chi connectivity index (χ0n) is 17.3. The Morgan fingerprint density at radius 3 is 1.93 bits per heavy atom. The summed E-state index contributed by atoms with van der Waals surface area (Å²) < 4.78 is 0. The van der Waals surface area contributed by atoms with Crippen LogP contribution in [0, 0.1) is 16.7 Å². The van der Waals surface area contributed by atoms with Crippen LogP contribution in [0.25, 0.3) is 0 Å². The highest BCUT2D eigenvalue weighted by Crippen LogP contribution is 2.49. The van der Waals surface area contributed by atoms with Crippen LogP contribution in [0.5, 0.6) is 11.5 Å². The molecule has 0 bridgehead atoms. The number of aromatic hydroxyl groups is 2. The Balaban J connectivity index is 2.20. The van der Waals surface area contributed by atoms with E-state index in [1.807, 2.05) is 27.7 Å². The van der Waals surface area contributed by atoms with Crippen LogP contribution in [0.4, 0.5) is 0 Å². The van der Waals surface area contributed by atoms with Gasteiger partial charge in [0.1, 0.15) is 28.8 Å². The number of hydrogen-bond donors (Lipinski definition) is 3. The number of carbonyl (C=O) groups is 3. The van der Waals surface area contributed by atoms with Crippen molar-refractivity contribution in [2.24, 2.45) is 16.7 Å². The molecule has 1 fully saturated rings. The summed E-state index contributed by atoms with van der Waals surface area (Å²) in [6, 6.07) is 3.85. The first-order chi connectivity index (χ1) is 13.3. The molecule has 0 radical (unpaired) electrons. The van der Waals surface area contributed by atoms with Crippen molar-refractivity contribution in [3.8, 4) is 11.5 Å². The number of aliphatic hydroxyl groups excluding tert-OH is 1.